The first-order chi connectivity index (χ1) is 8.99. The Bertz CT molecular complexity index is 468. The molecule has 0 aliphatic heterocycles. The van der Waals surface area contributed by atoms with E-state index < -0.39 is 17.8 Å². The molecule has 0 aromatic carbocycles. The van der Waals surface area contributed by atoms with Crippen molar-refractivity contribution in [3.05, 3.63) is 18.0 Å². The molecule has 1 heterocycles. The Morgan fingerprint density at radius 1 is 1.53 bits per heavy atom. The van der Waals surface area contributed by atoms with Crippen molar-refractivity contribution in [2.45, 2.75) is 31.6 Å². The van der Waals surface area contributed by atoms with Crippen LogP contribution in [0.4, 0.5) is 14.7 Å². The van der Waals surface area contributed by atoms with Gasteiger partial charge in [-0.1, -0.05) is 6.42 Å². The lowest BCUT2D eigenvalue weighted by Gasteiger charge is -2.31. The zero-order chi connectivity index (χ0) is 13.9. The lowest BCUT2D eigenvalue weighted by atomic mass is 9.85. The summed E-state index contributed by atoms with van der Waals surface area (Å²) in [6.07, 6.45) is 3.00. The van der Waals surface area contributed by atoms with Crippen molar-refractivity contribution in [1.29, 1.82) is 0 Å². The van der Waals surface area contributed by atoms with Gasteiger partial charge in [-0.2, -0.15) is 0 Å². The molecule has 7 heteroatoms. The Hall–Kier alpha value is -1.79. The van der Waals surface area contributed by atoms with E-state index in [9.17, 15) is 13.6 Å². The number of aromatic carboxylic acids is 1. The fraction of sp³-hybridized carbons (Fsp3) is 0.583. The topological polar surface area (TPSA) is 75.1 Å². The summed E-state index contributed by atoms with van der Waals surface area (Å²) in [6.45, 7) is 0.0517. The first kappa shape index (κ1) is 13.6. The summed E-state index contributed by atoms with van der Waals surface area (Å²) in [4.78, 5) is 18.3. The normalized spacial score (nSPS) is 21.9. The number of alkyl halides is 2. The van der Waals surface area contributed by atoms with Gasteiger partial charge in [-0.05, 0) is 18.9 Å². The molecule has 1 aromatic heterocycles. The standard InChI is InChI=1S/C12H15F2N3O2/c13-12(14)5-2-1-3-8(12)7-16-11-15-6-4-9(17-11)10(18)19/h4,6,8H,1-3,5,7H2,(H,18,19)(H,15,16,17). The van der Waals surface area contributed by atoms with Crippen molar-refractivity contribution in [2.75, 3.05) is 11.9 Å². The molecule has 1 saturated carbocycles. The van der Waals surface area contributed by atoms with E-state index in [1.807, 2.05) is 0 Å². The van der Waals surface area contributed by atoms with E-state index in [1.165, 1.54) is 12.3 Å². The SMILES string of the molecule is O=C(O)c1ccnc(NCC2CCCCC2(F)F)n1. The molecule has 1 unspecified atom stereocenters. The van der Waals surface area contributed by atoms with Crippen LogP contribution in [-0.2, 0) is 0 Å². The Morgan fingerprint density at radius 2 is 2.32 bits per heavy atom. The lowest BCUT2D eigenvalue weighted by molar-refractivity contribution is -0.0802. The third kappa shape index (κ3) is 3.36. The van der Waals surface area contributed by atoms with Crippen molar-refractivity contribution >= 4 is 11.9 Å². The number of nitrogens with one attached hydrogen (secondary N) is 1. The van der Waals surface area contributed by atoms with Crippen LogP contribution < -0.4 is 5.32 Å². The smallest absolute Gasteiger partial charge is 0.354 e. The van der Waals surface area contributed by atoms with Gasteiger partial charge in [0, 0.05) is 25.1 Å². The first-order valence-corrected chi connectivity index (χ1v) is 6.17. The molecular formula is C12H15F2N3O2. The summed E-state index contributed by atoms with van der Waals surface area (Å²) in [5.41, 5.74) is -0.159. The van der Waals surface area contributed by atoms with E-state index in [1.54, 1.807) is 0 Å². The van der Waals surface area contributed by atoms with Gasteiger partial charge in [-0.25, -0.2) is 23.5 Å². The molecule has 1 aliphatic carbocycles. The Balaban J connectivity index is 1.98. The van der Waals surface area contributed by atoms with Gasteiger partial charge in [0.2, 0.25) is 5.95 Å². The highest BCUT2D eigenvalue weighted by molar-refractivity contribution is 5.85. The van der Waals surface area contributed by atoms with Crippen LogP contribution in [-0.4, -0.2) is 33.5 Å². The molecule has 0 radical (unpaired) electrons. The zero-order valence-electron chi connectivity index (χ0n) is 10.3. The number of carboxylic acid groups (broad SMARTS) is 1. The van der Waals surface area contributed by atoms with E-state index in [0.29, 0.717) is 12.8 Å². The van der Waals surface area contributed by atoms with Crippen LogP contribution in [0.2, 0.25) is 0 Å². The molecule has 1 atom stereocenters. The van der Waals surface area contributed by atoms with Crippen LogP contribution in [0, 0.1) is 5.92 Å². The highest BCUT2D eigenvalue weighted by Gasteiger charge is 2.41. The van der Waals surface area contributed by atoms with Crippen molar-refractivity contribution < 1.29 is 18.7 Å². The Labute approximate surface area is 109 Å². The molecule has 2 rings (SSSR count). The third-order valence-electron chi connectivity index (χ3n) is 3.29. The van der Waals surface area contributed by atoms with Gasteiger partial charge >= 0.3 is 5.97 Å². The minimum Gasteiger partial charge on any atom is -0.477 e. The van der Waals surface area contributed by atoms with Gasteiger partial charge in [-0.15, -0.1) is 0 Å². The van der Waals surface area contributed by atoms with Crippen LogP contribution >= 0.6 is 0 Å². The number of rotatable bonds is 4. The van der Waals surface area contributed by atoms with E-state index in [4.69, 9.17) is 5.11 Å². The fourth-order valence-electron chi connectivity index (χ4n) is 2.20. The minimum atomic E-state index is -2.67. The third-order valence-corrected chi connectivity index (χ3v) is 3.29. The minimum absolute atomic E-state index is 0.0517. The van der Waals surface area contributed by atoms with Gasteiger partial charge in [0.1, 0.15) is 0 Å². The summed E-state index contributed by atoms with van der Waals surface area (Å²) in [5, 5.41) is 11.5. The first-order valence-electron chi connectivity index (χ1n) is 6.17. The summed E-state index contributed by atoms with van der Waals surface area (Å²) in [5.74, 6) is -4.52. The van der Waals surface area contributed by atoms with Gasteiger partial charge in [0.15, 0.2) is 5.69 Å². The number of nitrogens with zero attached hydrogens (tertiary/aromatic N) is 2. The van der Waals surface area contributed by atoms with Crippen molar-refractivity contribution in [2.24, 2.45) is 5.92 Å². The van der Waals surface area contributed by atoms with Crippen molar-refractivity contribution in [3.63, 3.8) is 0 Å². The molecule has 1 aliphatic rings. The van der Waals surface area contributed by atoms with Crippen molar-refractivity contribution in [1.82, 2.24) is 9.97 Å². The summed E-state index contributed by atoms with van der Waals surface area (Å²) in [7, 11) is 0. The number of anilines is 1. The number of aromatic nitrogens is 2. The van der Waals surface area contributed by atoms with E-state index >= 15 is 0 Å². The summed E-state index contributed by atoms with van der Waals surface area (Å²) < 4.78 is 27.2. The quantitative estimate of drug-likeness (QED) is 0.879. The second-order valence-electron chi connectivity index (χ2n) is 4.66. The number of hydrogen-bond acceptors (Lipinski definition) is 4. The number of carboxylic acids is 1. The predicted octanol–water partition coefficient (Wildman–Crippen LogP) is 2.41. The molecule has 2 N–H and O–H groups in total. The molecule has 0 saturated heterocycles. The van der Waals surface area contributed by atoms with Gasteiger partial charge in [-0.3, -0.25) is 0 Å². The highest BCUT2D eigenvalue weighted by Crippen LogP contribution is 2.38. The molecule has 1 aromatic rings. The summed E-state index contributed by atoms with van der Waals surface area (Å²) in [6, 6.07) is 1.25. The van der Waals surface area contributed by atoms with E-state index in [2.05, 4.69) is 15.3 Å². The second kappa shape index (κ2) is 5.46. The second-order valence-corrected chi connectivity index (χ2v) is 4.66. The molecule has 104 valence electrons. The molecule has 0 amide bonds. The molecule has 0 bridgehead atoms. The molecular weight excluding hydrogens is 256 g/mol. The zero-order valence-corrected chi connectivity index (χ0v) is 10.3. The number of halogens is 2. The average molecular weight is 271 g/mol. The largest absolute Gasteiger partial charge is 0.477 e. The number of hydrogen-bond donors (Lipinski definition) is 2. The maximum atomic E-state index is 13.6. The maximum Gasteiger partial charge on any atom is 0.354 e. The van der Waals surface area contributed by atoms with Crippen LogP contribution in [0.15, 0.2) is 12.3 Å². The molecule has 19 heavy (non-hydrogen) atoms. The fourth-order valence-corrected chi connectivity index (χ4v) is 2.20. The van der Waals surface area contributed by atoms with Crippen molar-refractivity contribution in [3.8, 4) is 0 Å². The van der Waals surface area contributed by atoms with Gasteiger partial charge < -0.3 is 10.4 Å². The van der Waals surface area contributed by atoms with Crippen LogP contribution in [0.1, 0.15) is 36.2 Å². The summed E-state index contributed by atoms with van der Waals surface area (Å²) >= 11 is 0. The highest BCUT2D eigenvalue weighted by atomic mass is 19.3. The number of carbonyl (C=O) groups is 1. The van der Waals surface area contributed by atoms with Gasteiger partial charge in [0.05, 0.1) is 0 Å². The van der Waals surface area contributed by atoms with Gasteiger partial charge in [0.25, 0.3) is 5.92 Å². The Kier molecular flexibility index (Phi) is 3.92. The lowest BCUT2D eigenvalue weighted by Crippen LogP contribution is -2.36. The van der Waals surface area contributed by atoms with Crippen LogP contribution in [0.25, 0.3) is 0 Å². The molecule has 0 spiro atoms. The predicted molar refractivity (Wildman–Crippen MR) is 64.4 cm³/mol. The van der Waals surface area contributed by atoms with E-state index in [-0.39, 0.29) is 24.6 Å². The molecule has 5 nitrogen and oxygen atoms in total. The maximum absolute atomic E-state index is 13.6. The van der Waals surface area contributed by atoms with Crippen LogP contribution in [0.5, 0.6) is 0 Å². The Morgan fingerprint density at radius 3 is 3.00 bits per heavy atom. The van der Waals surface area contributed by atoms with Crippen LogP contribution in [0.3, 0.4) is 0 Å². The average Bonchev–Trinajstić information content (AvgIpc) is 2.37. The molecule has 1 fully saturated rings. The van der Waals surface area contributed by atoms with E-state index in [0.717, 1.165) is 6.42 Å². The monoisotopic (exact) mass is 271 g/mol.